The zero-order valence-electron chi connectivity index (χ0n) is 10.4. The highest BCUT2D eigenvalue weighted by atomic mass is 32.2. The lowest BCUT2D eigenvalue weighted by Crippen LogP contribution is -2.45. The molecule has 0 aromatic carbocycles. The highest BCUT2D eigenvalue weighted by molar-refractivity contribution is 7.90. The van der Waals surface area contributed by atoms with Crippen LogP contribution < -0.4 is 10.0 Å². The Morgan fingerprint density at radius 3 is 2.22 bits per heavy atom. The van der Waals surface area contributed by atoms with E-state index in [-0.39, 0.29) is 19.0 Å². The van der Waals surface area contributed by atoms with Gasteiger partial charge >= 0.3 is 6.18 Å². The Morgan fingerprint density at radius 2 is 1.83 bits per heavy atom. The van der Waals surface area contributed by atoms with Crippen LogP contribution >= 0.6 is 0 Å². The first-order valence-electron chi connectivity index (χ1n) is 5.94. The van der Waals surface area contributed by atoms with Gasteiger partial charge in [-0.1, -0.05) is 0 Å². The smallest absolute Gasteiger partial charge is 0.303 e. The lowest BCUT2D eigenvalue weighted by Gasteiger charge is -2.22. The third kappa shape index (κ3) is 5.11. The summed E-state index contributed by atoms with van der Waals surface area (Å²) in [6, 6.07) is -1.71. The normalized spacial score (nSPS) is 19.2. The van der Waals surface area contributed by atoms with Crippen molar-refractivity contribution in [3.63, 3.8) is 0 Å². The fraction of sp³-hybridized carbons (Fsp3) is 1.00. The second-order valence-corrected chi connectivity index (χ2v) is 7.13. The minimum atomic E-state index is -4.34. The van der Waals surface area contributed by atoms with Crippen molar-refractivity contribution in [2.75, 3.05) is 6.54 Å². The zero-order valence-corrected chi connectivity index (χ0v) is 11.2. The number of hydrogen-bond acceptors (Lipinski definition) is 3. The van der Waals surface area contributed by atoms with E-state index in [0.717, 1.165) is 12.8 Å². The van der Waals surface area contributed by atoms with Crippen molar-refractivity contribution in [3.8, 4) is 0 Å². The van der Waals surface area contributed by atoms with Crippen LogP contribution in [0.4, 0.5) is 13.2 Å². The molecule has 0 aliphatic heterocycles. The summed E-state index contributed by atoms with van der Waals surface area (Å²) >= 11 is 0. The summed E-state index contributed by atoms with van der Waals surface area (Å²) in [6.45, 7) is 2.75. The van der Waals surface area contributed by atoms with Gasteiger partial charge in [-0.15, -0.1) is 0 Å². The SMILES string of the molecule is CC(C)S(=O)(=O)NCCC(NC1CC1)C(F)(F)F. The van der Waals surface area contributed by atoms with Crippen LogP contribution in [0.1, 0.15) is 33.1 Å². The summed E-state index contributed by atoms with van der Waals surface area (Å²) in [5, 5.41) is 1.85. The number of alkyl halides is 3. The summed E-state index contributed by atoms with van der Waals surface area (Å²) in [5.74, 6) is 0. The van der Waals surface area contributed by atoms with Gasteiger partial charge in [-0.25, -0.2) is 13.1 Å². The Morgan fingerprint density at radius 1 is 1.28 bits per heavy atom. The molecule has 0 aromatic heterocycles. The molecule has 1 aliphatic rings. The Balaban J connectivity index is 2.42. The lowest BCUT2D eigenvalue weighted by molar-refractivity contribution is -0.157. The highest BCUT2D eigenvalue weighted by Crippen LogP contribution is 2.27. The molecule has 2 N–H and O–H groups in total. The predicted molar refractivity (Wildman–Crippen MR) is 62.7 cm³/mol. The van der Waals surface area contributed by atoms with Crippen molar-refractivity contribution in [1.82, 2.24) is 10.0 Å². The largest absolute Gasteiger partial charge is 0.403 e. The Kier molecular flexibility index (Phi) is 5.02. The average Bonchev–Trinajstić information content (AvgIpc) is 2.98. The van der Waals surface area contributed by atoms with E-state index in [4.69, 9.17) is 0 Å². The van der Waals surface area contributed by atoms with Crippen LogP contribution in [-0.2, 0) is 10.0 Å². The molecule has 1 atom stereocenters. The number of sulfonamides is 1. The molecule has 1 saturated carbocycles. The lowest BCUT2D eigenvalue weighted by atomic mass is 10.2. The van der Waals surface area contributed by atoms with Crippen molar-refractivity contribution in [1.29, 1.82) is 0 Å². The summed E-state index contributed by atoms with van der Waals surface area (Å²) in [7, 11) is -3.50. The van der Waals surface area contributed by atoms with Crippen molar-refractivity contribution < 1.29 is 21.6 Å². The van der Waals surface area contributed by atoms with E-state index < -0.39 is 27.5 Å². The number of nitrogens with one attached hydrogen (secondary N) is 2. The van der Waals surface area contributed by atoms with Crippen LogP contribution in [-0.4, -0.2) is 38.5 Å². The third-order valence-corrected chi connectivity index (χ3v) is 4.61. The van der Waals surface area contributed by atoms with Crippen LogP contribution in [0.15, 0.2) is 0 Å². The van der Waals surface area contributed by atoms with Crippen LogP contribution in [0.3, 0.4) is 0 Å². The maximum absolute atomic E-state index is 12.6. The van der Waals surface area contributed by atoms with E-state index in [1.54, 1.807) is 0 Å². The second-order valence-electron chi connectivity index (χ2n) is 4.81. The monoisotopic (exact) mass is 288 g/mol. The standard InChI is InChI=1S/C10H19F3N2O2S/c1-7(2)18(16,17)14-6-5-9(10(11,12)13)15-8-3-4-8/h7-9,14-15H,3-6H2,1-2H3. The maximum atomic E-state index is 12.6. The molecule has 1 fully saturated rings. The molecule has 4 nitrogen and oxygen atoms in total. The van der Waals surface area contributed by atoms with E-state index in [0.29, 0.717) is 0 Å². The number of hydrogen-bond donors (Lipinski definition) is 2. The molecule has 0 bridgehead atoms. The highest BCUT2D eigenvalue weighted by Gasteiger charge is 2.42. The molecule has 0 amide bonds. The first-order chi connectivity index (χ1) is 8.13. The summed E-state index contributed by atoms with van der Waals surface area (Å²) in [5.41, 5.74) is 0. The molecular formula is C10H19F3N2O2S. The van der Waals surface area contributed by atoms with E-state index >= 15 is 0 Å². The van der Waals surface area contributed by atoms with Gasteiger partial charge in [0.1, 0.15) is 6.04 Å². The van der Waals surface area contributed by atoms with E-state index in [9.17, 15) is 21.6 Å². The van der Waals surface area contributed by atoms with Gasteiger partial charge in [0.25, 0.3) is 0 Å². The molecule has 0 heterocycles. The Hall–Kier alpha value is -0.340. The Labute approximate surface area is 105 Å². The van der Waals surface area contributed by atoms with Crippen LogP contribution in [0.5, 0.6) is 0 Å². The van der Waals surface area contributed by atoms with Gasteiger partial charge in [-0.05, 0) is 33.1 Å². The van der Waals surface area contributed by atoms with E-state index in [2.05, 4.69) is 10.0 Å². The predicted octanol–water partition coefficient (Wildman–Crippen LogP) is 1.39. The molecule has 18 heavy (non-hydrogen) atoms. The van der Waals surface area contributed by atoms with Gasteiger partial charge in [0.2, 0.25) is 10.0 Å². The van der Waals surface area contributed by atoms with Crippen LogP contribution in [0.2, 0.25) is 0 Å². The average molecular weight is 288 g/mol. The topological polar surface area (TPSA) is 58.2 Å². The van der Waals surface area contributed by atoms with Crippen LogP contribution in [0, 0.1) is 0 Å². The fourth-order valence-corrected chi connectivity index (χ4v) is 2.12. The minimum absolute atomic E-state index is 0.0710. The van der Waals surface area contributed by atoms with Gasteiger partial charge in [0.15, 0.2) is 0 Å². The fourth-order valence-electron chi connectivity index (χ4n) is 1.39. The molecule has 1 rings (SSSR count). The quantitative estimate of drug-likeness (QED) is 0.744. The van der Waals surface area contributed by atoms with Gasteiger partial charge in [0.05, 0.1) is 5.25 Å². The molecule has 0 aromatic rings. The minimum Gasteiger partial charge on any atom is -0.303 e. The molecule has 0 spiro atoms. The molecule has 108 valence electrons. The molecule has 1 aliphatic carbocycles. The van der Waals surface area contributed by atoms with Crippen molar-refractivity contribution in [2.24, 2.45) is 0 Å². The zero-order chi connectivity index (χ0) is 14.0. The van der Waals surface area contributed by atoms with Crippen molar-refractivity contribution in [3.05, 3.63) is 0 Å². The summed E-state index contributed by atoms with van der Waals surface area (Å²) < 4.78 is 62.9. The third-order valence-electron chi connectivity index (χ3n) is 2.77. The number of halogens is 3. The molecular weight excluding hydrogens is 269 g/mol. The summed E-state index contributed by atoms with van der Waals surface area (Å²) in [4.78, 5) is 0. The van der Waals surface area contributed by atoms with Gasteiger partial charge in [-0.2, -0.15) is 13.2 Å². The van der Waals surface area contributed by atoms with Gasteiger partial charge < -0.3 is 5.32 Å². The maximum Gasteiger partial charge on any atom is 0.403 e. The molecule has 8 heteroatoms. The first kappa shape index (κ1) is 15.7. The van der Waals surface area contributed by atoms with Crippen molar-refractivity contribution in [2.45, 2.75) is 56.6 Å². The first-order valence-corrected chi connectivity index (χ1v) is 7.49. The van der Waals surface area contributed by atoms with Gasteiger partial charge in [0, 0.05) is 12.6 Å². The van der Waals surface area contributed by atoms with E-state index in [1.165, 1.54) is 13.8 Å². The molecule has 0 radical (unpaired) electrons. The van der Waals surface area contributed by atoms with Gasteiger partial charge in [-0.3, -0.25) is 0 Å². The summed E-state index contributed by atoms with van der Waals surface area (Å²) in [6.07, 6.45) is -3.12. The van der Waals surface area contributed by atoms with Crippen molar-refractivity contribution >= 4 is 10.0 Å². The second kappa shape index (κ2) is 5.75. The number of rotatable bonds is 7. The van der Waals surface area contributed by atoms with Crippen LogP contribution in [0.25, 0.3) is 0 Å². The Bertz CT molecular complexity index is 364. The molecule has 1 unspecified atom stereocenters. The van der Waals surface area contributed by atoms with E-state index in [1.807, 2.05) is 0 Å². The molecule has 0 saturated heterocycles.